The van der Waals surface area contributed by atoms with Crippen LogP contribution in [0, 0.1) is 6.92 Å². The van der Waals surface area contributed by atoms with Gasteiger partial charge in [0.05, 0.1) is 0 Å². The Bertz CT molecular complexity index is 442. The summed E-state index contributed by atoms with van der Waals surface area (Å²) < 4.78 is 5.56. The van der Waals surface area contributed by atoms with Gasteiger partial charge < -0.3 is 15.8 Å². The molecule has 1 rings (SSSR count). The third-order valence-corrected chi connectivity index (χ3v) is 3.21. The minimum Gasteiger partial charge on any atom is -0.483 e. The second-order valence-electron chi connectivity index (χ2n) is 5.38. The van der Waals surface area contributed by atoms with Crippen LogP contribution in [0.3, 0.4) is 0 Å². The summed E-state index contributed by atoms with van der Waals surface area (Å²) in [4.78, 5) is 11.8. The minimum absolute atomic E-state index is 0.0261. The van der Waals surface area contributed by atoms with Gasteiger partial charge in [0.25, 0.3) is 5.91 Å². The van der Waals surface area contributed by atoms with Crippen LogP contribution in [0.15, 0.2) is 18.2 Å². The molecule has 0 fully saturated rings. The van der Waals surface area contributed by atoms with Gasteiger partial charge in [-0.3, -0.25) is 4.79 Å². The van der Waals surface area contributed by atoms with Gasteiger partial charge in [0.1, 0.15) is 5.75 Å². The molecule has 0 aliphatic carbocycles. The Kier molecular flexibility index (Phi) is 5.36. The highest BCUT2D eigenvalue weighted by Gasteiger charge is 2.18. The fourth-order valence-electron chi connectivity index (χ4n) is 1.57. The first-order valence-electron chi connectivity index (χ1n) is 6.61. The van der Waals surface area contributed by atoms with E-state index in [1.54, 1.807) is 0 Å². The third kappa shape index (κ3) is 4.91. The third-order valence-electron chi connectivity index (χ3n) is 3.21. The van der Waals surface area contributed by atoms with E-state index in [1.165, 1.54) is 0 Å². The van der Waals surface area contributed by atoms with Crippen LogP contribution < -0.4 is 15.8 Å². The lowest BCUT2D eigenvalue weighted by Crippen LogP contribution is -2.44. The summed E-state index contributed by atoms with van der Waals surface area (Å²) in [5.74, 6) is 0.608. The summed E-state index contributed by atoms with van der Waals surface area (Å²) in [7, 11) is 0. The summed E-state index contributed by atoms with van der Waals surface area (Å²) in [6, 6.07) is 5.79. The van der Waals surface area contributed by atoms with Crippen LogP contribution in [0.1, 0.15) is 38.3 Å². The fraction of sp³-hybridized carbons (Fsp3) is 0.533. The quantitative estimate of drug-likeness (QED) is 0.827. The van der Waals surface area contributed by atoms with E-state index in [0.717, 1.165) is 17.5 Å². The van der Waals surface area contributed by atoms with Crippen molar-refractivity contribution in [3.8, 4) is 5.75 Å². The number of aryl methyl sites for hydroxylation is 1. The average molecular weight is 264 g/mol. The van der Waals surface area contributed by atoms with Crippen molar-refractivity contribution in [2.24, 2.45) is 5.73 Å². The molecule has 1 aromatic rings. The van der Waals surface area contributed by atoms with Gasteiger partial charge in [-0.05, 0) is 44.4 Å². The topological polar surface area (TPSA) is 64.3 Å². The number of ether oxygens (including phenoxy) is 1. The van der Waals surface area contributed by atoms with Gasteiger partial charge in [-0.25, -0.2) is 0 Å². The highest BCUT2D eigenvalue weighted by molar-refractivity contribution is 5.78. The van der Waals surface area contributed by atoms with Crippen LogP contribution in [-0.2, 0) is 11.3 Å². The van der Waals surface area contributed by atoms with Crippen molar-refractivity contribution in [1.82, 2.24) is 5.32 Å². The average Bonchev–Trinajstić information content (AvgIpc) is 2.37. The van der Waals surface area contributed by atoms with E-state index >= 15 is 0 Å². The SMILES string of the molecule is CCC(C)(C)NC(=O)COc1cc(CN)ccc1C. The van der Waals surface area contributed by atoms with Crippen LogP contribution in [0.25, 0.3) is 0 Å². The van der Waals surface area contributed by atoms with Crippen molar-refractivity contribution < 1.29 is 9.53 Å². The standard InChI is InChI=1S/C15H24N2O2/c1-5-15(3,4)17-14(18)10-19-13-8-12(9-16)7-6-11(13)2/h6-8H,5,9-10,16H2,1-4H3,(H,17,18). The van der Waals surface area contributed by atoms with Crippen molar-refractivity contribution in [3.63, 3.8) is 0 Å². The van der Waals surface area contributed by atoms with Gasteiger partial charge in [-0.15, -0.1) is 0 Å². The predicted octanol–water partition coefficient (Wildman–Crippen LogP) is 2.14. The normalized spacial score (nSPS) is 11.2. The number of nitrogens with two attached hydrogens (primary N) is 1. The molecule has 3 N–H and O–H groups in total. The molecule has 0 bridgehead atoms. The lowest BCUT2D eigenvalue weighted by atomic mass is 10.0. The first kappa shape index (κ1) is 15.5. The van der Waals surface area contributed by atoms with Gasteiger partial charge in [0.15, 0.2) is 6.61 Å². The van der Waals surface area contributed by atoms with Crippen LogP contribution >= 0.6 is 0 Å². The number of hydrogen-bond acceptors (Lipinski definition) is 3. The predicted molar refractivity (Wildman–Crippen MR) is 77.1 cm³/mol. The molecule has 0 heterocycles. The van der Waals surface area contributed by atoms with Gasteiger partial charge in [0, 0.05) is 12.1 Å². The smallest absolute Gasteiger partial charge is 0.258 e. The highest BCUT2D eigenvalue weighted by atomic mass is 16.5. The maximum atomic E-state index is 11.8. The molecule has 0 saturated carbocycles. The van der Waals surface area contributed by atoms with Gasteiger partial charge >= 0.3 is 0 Å². The Morgan fingerprint density at radius 2 is 2.11 bits per heavy atom. The zero-order valence-corrected chi connectivity index (χ0v) is 12.2. The van der Waals surface area contributed by atoms with E-state index in [-0.39, 0.29) is 18.1 Å². The second-order valence-corrected chi connectivity index (χ2v) is 5.38. The number of carbonyl (C=O) groups excluding carboxylic acids is 1. The van der Waals surface area contributed by atoms with E-state index < -0.39 is 0 Å². The maximum absolute atomic E-state index is 11.8. The molecular weight excluding hydrogens is 240 g/mol. The number of benzene rings is 1. The van der Waals surface area contributed by atoms with Gasteiger partial charge in [-0.1, -0.05) is 19.1 Å². The Balaban J connectivity index is 2.59. The largest absolute Gasteiger partial charge is 0.483 e. The molecule has 0 aliphatic rings. The van der Waals surface area contributed by atoms with Crippen LogP contribution in [0.2, 0.25) is 0 Å². The summed E-state index contributed by atoms with van der Waals surface area (Å²) in [5, 5.41) is 2.94. The first-order valence-corrected chi connectivity index (χ1v) is 6.61. The summed E-state index contributed by atoms with van der Waals surface area (Å²) in [6.45, 7) is 8.46. The van der Waals surface area contributed by atoms with E-state index in [4.69, 9.17) is 10.5 Å². The van der Waals surface area contributed by atoms with Crippen LogP contribution in [0.4, 0.5) is 0 Å². The molecule has 0 radical (unpaired) electrons. The molecule has 0 spiro atoms. The van der Waals surface area contributed by atoms with E-state index in [0.29, 0.717) is 12.3 Å². The van der Waals surface area contributed by atoms with Crippen molar-refractivity contribution in [1.29, 1.82) is 0 Å². The van der Waals surface area contributed by atoms with Gasteiger partial charge in [-0.2, -0.15) is 0 Å². The highest BCUT2D eigenvalue weighted by Crippen LogP contribution is 2.19. The maximum Gasteiger partial charge on any atom is 0.258 e. The molecule has 4 heteroatoms. The van der Waals surface area contributed by atoms with E-state index in [2.05, 4.69) is 5.32 Å². The number of amides is 1. The Labute approximate surface area is 115 Å². The van der Waals surface area contributed by atoms with Crippen molar-refractivity contribution in [2.75, 3.05) is 6.61 Å². The summed E-state index contributed by atoms with van der Waals surface area (Å²) >= 11 is 0. The Morgan fingerprint density at radius 1 is 1.42 bits per heavy atom. The number of carbonyl (C=O) groups is 1. The molecule has 1 aromatic carbocycles. The summed E-state index contributed by atoms with van der Waals surface area (Å²) in [5.41, 5.74) is 7.39. The monoisotopic (exact) mass is 264 g/mol. The first-order chi connectivity index (χ1) is 8.88. The second kappa shape index (κ2) is 6.57. The molecule has 4 nitrogen and oxygen atoms in total. The molecule has 19 heavy (non-hydrogen) atoms. The van der Waals surface area contributed by atoms with Crippen molar-refractivity contribution >= 4 is 5.91 Å². The Hall–Kier alpha value is -1.55. The number of rotatable bonds is 6. The van der Waals surface area contributed by atoms with Gasteiger partial charge in [0.2, 0.25) is 0 Å². The summed E-state index contributed by atoms with van der Waals surface area (Å²) in [6.07, 6.45) is 0.875. The van der Waals surface area contributed by atoms with Crippen molar-refractivity contribution in [2.45, 2.75) is 46.2 Å². The lowest BCUT2D eigenvalue weighted by molar-refractivity contribution is -0.124. The van der Waals surface area contributed by atoms with Crippen LogP contribution in [-0.4, -0.2) is 18.1 Å². The number of hydrogen-bond donors (Lipinski definition) is 2. The van der Waals surface area contributed by atoms with Crippen LogP contribution in [0.5, 0.6) is 5.75 Å². The lowest BCUT2D eigenvalue weighted by Gasteiger charge is -2.24. The fourth-order valence-corrected chi connectivity index (χ4v) is 1.57. The van der Waals surface area contributed by atoms with E-state index in [1.807, 2.05) is 45.9 Å². The molecule has 1 amide bonds. The minimum atomic E-state index is -0.200. The number of nitrogens with one attached hydrogen (secondary N) is 1. The molecule has 0 atom stereocenters. The molecular formula is C15H24N2O2. The van der Waals surface area contributed by atoms with Crippen molar-refractivity contribution in [3.05, 3.63) is 29.3 Å². The Morgan fingerprint density at radius 3 is 2.68 bits per heavy atom. The molecule has 106 valence electrons. The molecule has 0 saturated heterocycles. The van der Waals surface area contributed by atoms with E-state index in [9.17, 15) is 4.79 Å². The molecule has 0 aromatic heterocycles. The molecule has 0 aliphatic heterocycles. The zero-order valence-electron chi connectivity index (χ0n) is 12.2. The zero-order chi connectivity index (χ0) is 14.5. The molecule has 0 unspecified atom stereocenters.